The number of nitrogens with one attached hydrogen (secondary N) is 1. The van der Waals surface area contributed by atoms with Gasteiger partial charge in [-0.3, -0.25) is 9.48 Å². The van der Waals surface area contributed by atoms with Crippen LogP contribution in [0.25, 0.3) is 21.8 Å². The maximum atomic E-state index is 13.1. The first kappa shape index (κ1) is 21.9. The number of hydrogen-bond donors (Lipinski definition) is 2. The summed E-state index contributed by atoms with van der Waals surface area (Å²) in [6.07, 6.45) is 0.856. The molecule has 0 radical (unpaired) electrons. The van der Waals surface area contributed by atoms with Gasteiger partial charge < -0.3 is 11.1 Å². The van der Waals surface area contributed by atoms with E-state index in [4.69, 9.17) is 5.73 Å². The minimum atomic E-state index is -0.124. The van der Waals surface area contributed by atoms with E-state index in [1.807, 2.05) is 65.6 Å². The van der Waals surface area contributed by atoms with E-state index in [0.29, 0.717) is 18.7 Å². The van der Waals surface area contributed by atoms with Gasteiger partial charge >= 0.3 is 0 Å². The van der Waals surface area contributed by atoms with Gasteiger partial charge in [0.05, 0.1) is 23.6 Å². The van der Waals surface area contributed by atoms with Crippen LogP contribution in [0.15, 0.2) is 53.9 Å². The Morgan fingerprint density at radius 1 is 1.16 bits per heavy atom. The van der Waals surface area contributed by atoms with Crippen molar-refractivity contribution in [1.29, 1.82) is 0 Å². The molecule has 0 saturated carbocycles. The number of carbonyl (C=O) groups excluding carboxylic acids is 1. The van der Waals surface area contributed by atoms with Crippen molar-refractivity contribution in [3.8, 4) is 21.8 Å². The lowest BCUT2D eigenvalue weighted by Crippen LogP contribution is -2.23. The summed E-state index contributed by atoms with van der Waals surface area (Å²) in [5, 5.41) is 10.5. The first-order chi connectivity index (χ1) is 15.5. The molecule has 7 heteroatoms. The lowest BCUT2D eigenvalue weighted by Gasteiger charge is -2.11. The van der Waals surface area contributed by atoms with Crippen LogP contribution in [0.1, 0.15) is 39.8 Å². The van der Waals surface area contributed by atoms with Gasteiger partial charge in [0.15, 0.2) is 0 Å². The molecule has 1 amide bonds. The normalized spacial score (nSPS) is 11.0. The molecule has 0 saturated heterocycles. The molecule has 0 fully saturated rings. The summed E-state index contributed by atoms with van der Waals surface area (Å²) in [6, 6.07) is 15.8. The molecule has 164 valence electrons. The highest BCUT2D eigenvalue weighted by molar-refractivity contribution is 7.13. The first-order valence-electron chi connectivity index (χ1n) is 10.7. The van der Waals surface area contributed by atoms with Gasteiger partial charge in [0.2, 0.25) is 0 Å². The van der Waals surface area contributed by atoms with E-state index in [0.717, 1.165) is 50.8 Å². The maximum Gasteiger partial charge on any atom is 0.252 e. The Kier molecular flexibility index (Phi) is 6.48. The monoisotopic (exact) mass is 445 g/mol. The molecule has 32 heavy (non-hydrogen) atoms. The number of amides is 1. The van der Waals surface area contributed by atoms with Gasteiger partial charge in [0, 0.05) is 35.7 Å². The van der Waals surface area contributed by atoms with Crippen LogP contribution < -0.4 is 11.1 Å². The van der Waals surface area contributed by atoms with Crippen molar-refractivity contribution in [3.05, 3.63) is 82.0 Å². The average molecular weight is 446 g/mol. The van der Waals surface area contributed by atoms with Gasteiger partial charge in [0.1, 0.15) is 5.01 Å². The second-order valence-corrected chi connectivity index (χ2v) is 8.53. The molecule has 6 nitrogen and oxygen atoms in total. The van der Waals surface area contributed by atoms with Gasteiger partial charge in [-0.2, -0.15) is 5.10 Å². The lowest BCUT2D eigenvalue weighted by molar-refractivity contribution is 0.0951. The summed E-state index contributed by atoms with van der Waals surface area (Å²) >= 11 is 1.57. The van der Waals surface area contributed by atoms with Crippen LogP contribution >= 0.6 is 11.3 Å². The molecular weight excluding hydrogens is 418 g/mol. The Bertz CT molecular complexity index is 1240. The highest BCUT2D eigenvalue weighted by atomic mass is 32.1. The molecule has 4 rings (SSSR count). The molecule has 0 bridgehead atoms. The van der Waals surface area contributed by atoms with E-state index in [-0.39, 0.29) is 5.91 Å². The van der Waals surface area contributed by atoms with Crippen LogP contribution in [0.4, 0.5) is 0 Å². The molecule has 3 N–H and O–H groups in total. The van der Waals surface area contributed by atoms with Crippen molar-refractivity contribution < 1.29 is 4.79 Å². The number of aryl methyl sites for hydroxylation is 2. The number of nitrogens with zero attached hydrogens (tertiary/aromatic N) is 3. The molecule has 0 aliphatic heterocycles. The number of thiazole rings is 1. The van der Waals surface area contributed by atoms with Gasteiger partial charge in [-0.25, -0.2) is 4.98 Å². The highest BCUT2D eigenvalue weighted by Crippen LogP contribution is 2.29. The van der Waals surface area contributed by atoms with Crippen LogP contribution in [-0.4, -0.2) is 20.7 Å². The number of carbonyl (C=O) groups is 1. The van der Waals surface area contributed by atoms with Crippen LogP contribution in [0.3, 0.4) is 0 Å². The van der Waals surface area contributed by atoms with Crippen molar-refractivity contribution >= 4 is 17.2 Å². The smallest absolute Gasteiger partial charge is 0.252 e. The van der Waals surface area contributed by atoms with E-state index >= 15 is 0 Å². The molecule has 2 aromatic heterocycles. The number of rotatable bonds is 7. The van der Waals surface area contributed by atoms with E-state index in [1.54, 1.807) is 11.3 Å². The first-order valence-corrected chi connectivity index (χ1v) is 11.5. The minimum Gasteiger partial charge on any atom is -0.346 e. The number of nitrogens with two attached hydrogens (primary N) is 1. The van der Waals surface area contributed by atoms with Crippen molar-refractivity contribution in [2.75, 3.05) is 0 Å². The molecular formula is C25H27N5OS. The minimum absolute atomic E-state index is 0.124. The fraction of sp³-hybridized carbons (Fsp3) is 0.240. The number of aromatic nitrogens is 3. The Morgan fingerprint density at radius 2 is 1.91 bits per heavy atom. The van der Waals surface area contributed by atoms with E-state index in [2.05, 4.69) is 29.2 Å². The third-order valence-corrected chi connectivity index (χ3v) is 6.50. The highest BCUT2D eigenvalue weighted by Gasteiger charge is 2.19. The van der Waals surface area contributed by atoms with Gasteiger partial charge in [-0.05, 0) is 30.5 Å². The molecule has 4 aromatic rings. The molecule has 0 atom stereocenters. The topological polar surface area (TPSA) is 85.8 Å². The van der Waals surface area contributed by atoms with E-state index in [9.17, 15) is 4.79 Å². The van der Waals surface area contributed by atoms with Gasteiger partial charge in [-0.15, -0.1) is 11.3 Å². The van der Waals surface area contributed by atoms with Gasteiger partial charge in [-0.1, -0.05) is 49.4 Å². The molecule has 0 unspecified atom stereocenters. The molecule has 0 aliphatic carbocycles. The standard InChI is InChI=1S/C25H27N5OS/c1-4-22-16(2)23(30(3)29-22)20-7-5-6-8-21(20)24(31)27-14-19-15-32-25(28-19)18-11-9-17(13-26)10-12-18/h5-12,15H,4,13-14,26H2,1-3H3,(H,27,31). The fourth-order valence-electron chi connectivity index (χ4n) is 3.86. The Hall–Kier alpha value is -3.29. The SMILES string of the molecule is CCc1nn(C)c(-c2ccccc2C(=O)NCc2csc(-c3ccc(CN)cc3)n2)c1C. The van der Waals surface area contributed by atoms with Crippen molar-refractivity contribution in [3.63, 3.8) is 0 Å². The average Bonchev–Trinajstić information content (AvgIpc) is 3.41. The Labute approximate surface area is 192 Å². The van der Waals surface area contributed by atoms with Crippen LogP contribution in [-0.2, 0) is 26.6 Å². The zero-order valence-corrected chi connectivity index (χ0v) is 19.4. The summed E-state index contributed by atoms with van der Waals surface area (Å²) in [4.78, 5) is 17.8. The van der Waals surface area contributed by atoms with Crippen molar-refractivity contribution in [1.82, 2.24) is 20.1 Å². The van der Waals surface area contributed by atoms with Gasteiger partial charge in [0.25, 0.3) is 5.91 Å². The quantitative estimate of drug-likeness (QED) is 0.439. The van der Waals surface area contributed by atoms with Crippen molar-refractivity contribution in [2.45, 2.75) is 33.4 Å². The predicted octanol–water partition coefficient (Wildman–Crippen LogP) is 4.47. The van der Waals surface area contributed by atoms with Crippen LogP contribution in [0.5, 0.6) is 0 Å². The number of hydrogen-bond acceptors (Lipinski definition) is 5. The zero-order valence-electron chi connectivity index (χ0n) is 18.6. The summed E-state index contributed by atoms with van der Waals surface area (Å²) in [5.41, 5.74) is 13.3. The summed E-state index contributed by atoms with van der Waals surface area (Å²) in [6.45, 7) is 5.04. The predicted molar refractivity (Wildman–Crippen MR) is 129 cm³/mol. The fourth-order valence-corrected chi connectivity index (χ4v) is 4.68. The van der Waals surface area contributed by atoms with E-state index < -0.39 is 0 Å². The second-order valence-electron chi connectivity index (χ2n) is 7.67. The largest absolute Gasteiger partial charge is 0.346 e. The summed E-state index contributed by atoms with van der Waals surface area (Å²) < 4.78 is 1.86. The zero-order chi connectivity index (χ0) is 22.7. The number of benzene rings is 2. The molecule has 0 spiro atoms. The Balaban J connectivity index is 1.51. The molecule has 2 heterocycles. The third kappa shape index (κ3) is 4.35. The Morgan fingerprint density at radius 3 is 2.59 bits per heavy atom. The van der Waals surface area contributed by atoms with Crippen LogP contribution in [0, 0.1) is 6.92 Å². The summed E-state index contributed by atoms with van der Waals surface area (Å²) in [5.74, 6) is -0.124. The lowest BCUT2D eigenvalue weighted by atomic mass is 10.00. The second kappa shape index (κ2) is 9.46. The van der Waals surface area contributed by atoms with Crippen molar-refractivity contribution in [2.24, 2.45) is 12.8 Å². The van der Waals surface area contributed by atoms with Crippen LogP contribution in [0.2, 0.25) is 0 Å². The summed E-state index contributed by atoms with van der Waals surface area (Å²) in [7, 11) is 1.92. The maximum absolute atomic E-state index is 13.1. The molecule has 2 aromatic carbocycles. The third-order valence-electron chi connectivity index (χ3n) is 5.56. The van der Waals surface area contributed by atoms with E-state index in [1.165, 1.54) is 0 Å². The molecule has 0 aliphatic rings.